The number of hydrogen-bond donors (Lipinski definition) is 6. The fourth-order valence-electron chi connectivity index (χ4n) is 3.07. The third-order valence-corrected chi connectivity index (χ3v) is 4.79. The van der Waals surface area contributed by atoms with Crippen LogP contribution in [0.2, 0.25) is 0 Å². The highest BCUT2D eigenvalue weighted by molar-refractivity contribution is 5.92. The number of carbonyl (C=O) groups excluding carboxylic acids is 3. The third kappa shape index (κ3) is 6.78. The highest BCUT2D eigenvalue weighted by Crippen LogP contribution is 2.17. The van der Waals surface area contributed by atoms with E-state index in [2.05, 4.69) is 10.6 Å². The lowest BCUT2D eigenvalue weighted by molar-refractivity contribution is -0.146. The van der Waals surface area contributed by atoms with E-state index in [1.165, 1.54) is 24.7 Å². The van der Waals surface area contributed by atoms with Crippen molar-refractivity contribution in [2.24, 2.45) is 5.92 Å². The van der Waals surface area contributed by atoms with Gasteiger partial charge in [-0.1, -0.05) is 42.5 Å². The van der Waals surface area contributed by atoms with E-state index in [1.54, 1.807) is 41.9 Å². The first-order valence-electron chi connectivity index (χ1n) is 9.54. The van der Waals surface area contributed by atoms with Gasteiger partial charge in [0.1, 0.15) is 12.1 Å². The molecular weight excluding hydrogens is 404 g/mol. The molecule has 2 rings (SSSR count). The Kier molecular flexibility index (Phi) is 8.94. The summed E-state index contributed by atoms with van der Waals surface area (Å²) in [4.78, 5) is 37.1. The molecule has 166 valence electrons. The fourth-order valence-corrected chi connectivity index (χ4v) is 3.07. The zero-order valence-electron chi connectivity index (χ0n) is 16.9. The van der Waals surface area contributed by atoms with Crippen LogP contribution in [0.3, 0.4) is 0 Å². The third-order valence-electron chi connectivity index (χ3n) is 4.79. The van der Waals surface area contributed by atoms with Crippen LogP contribution in [-0.4, -0.2) is 47.2 Å². The molecule has 3 amide bonds. The van der Waals surface area contributed by atoms with Gasteiger partial charge in [-0.2, -0.15) is 0 Å². The van der Waals surface area contributed by atoms with Gasteiger partial charge in [-0.05, 0) is 29.7 Å². The summed E-state index contributed by atoms with van der Waals surface area (Å²) in [7, 11) is 1.43. The summed E-state index contributed by atoms with van der Waals surface area (Å²) in [6, 6.07) is 14.2. The van der Waals surface area contributed by atoms with Crippen molar-refractivity contribution in [2.45, 2.75) is 25.0 Å². The van der Waals surface area contributed by atoms with Crippen molar-refractivity contribution in [3.8, 4) is 0 Å². The van der Waals surface area contributed by atoms with Crippen molar-refractivity contribution >= 4 is 23.4 Å². The maximum Gasteiger partial charge on any atom is 0.272 e. The van der Waals surface area contributed by atoms with Gasteiger partial charge in [-0.3, -0.25) is 19.6 Å². The molecule has 0 saturated carbocycles. The number of likely N-dealkylation sites (N-methyl/N-ethyl adjacent to an activating group) is 1. The number of anilines is 1. The molecular formula is C21H25N4O6-. The molecule has 0 spiro atoms. The molecule has 0 aliphatic carbocycles. The van der Waals surface area contributed by atoms with Gasteiger partial charge in [0.2, 0.25) is 11.8 Å². The molecule has 0 aromatic heterocycles. The molecule has 10 heteroatoms. The first-order valence-corrected chi connectivity index (χ1v) is 9.54. The topological polar surface area (TPSA) is 163 Å². The molecule has 31 heavy (non-hydrogen) atoms. The zero-order valence-corrected chi connectivity index (χ0v) is 16.9. The normalized spacial score (nSPS) is 13.4. The van der Waals surface area contributed by atoms with Crippen LogP contribution < -0.4 is 21.6 Å². The van der Waals surface area contributed by atoms with E-state index >= 15 is 0 Å². The average Bonchev–Trinajstić information content (AvgIpc) is 2.81. The van der Waals surface area contributed by atoms with E-state index in [0.717, 1.165) is 5.56 Å². The molecule has 0 aliphatic rings. The van der Waals surface area contributed by atoms with Crippen LogP contribution in [-0.2, 0) is 27.2 Å². The van der Waals surface area contributed by atoms with Gasteiger partial charge < -0.3 is 26.4 Å². The number of aliphatic hydroxyl groups excluding tert-OH is 1. The quantitative estimate of drug-likeness (QED) is 0.230. The Morgan fingerprint density at radius 3 is 2.06 bits per heavy atom. The van der Waals surface area contributed by atoms with Gasteiger partial charge in [-0.25, -0.2) is 5.48 Å². The van der Waals surface area contributed by atoms with Crippen LogP contribution >= 0.6 is 0 Å². The molecule has 3 unspecified atom stereocenters. The van der Waals surface area contributed by atoms with E-state index in [9.17, 15) is 24.7 Å². The Hall–Kier alpha value is -3.47. The minimum atomic E-state index is -1.87. The van der Waals surface area contributed by atoms with E-state index in [0.29, 0.717) is 11.3 Å². The molecule has 0 aliphatic heterocycles. The lowest BCUT2D eigenvalue weighted by Crippen LogP contribution is -2.52. The molecule has 0 saturated heterocycles. The number of benzene rings is 2. The second kappa shape index (κ2) is 11.6. The van der Waals surface area contributed by atoms with Crippen LogP contribution in [0.25, 0.3) is 0 Å². The van der Waals surface area contributed by atoms with Crippen LogP contribution in [0, 0.1) is 11.1 Å². The summed E-state index contributed by atoms with van der Waals surface area (Å²) in [5.41, 5.74) is 4.73. The summed E-state index contributed by atoms with van der Waals surface area (Å²) < 4.78 is 0. The largest absolute Gasteiger partial charge is 0.761 e. The summed E-state index contributed by atoms with van der Waals surface area (Å²) in [6.45, 7) is 0. The first kappa shape index (κ1) is 23.8. The van der Waals surface area contributed by atoms with Crippen molar-refractivity contribution in [1.29, 1.82) is 0 Å². The van der Waals surface area contributed by atoms with Crippen LogP contribution in [0.15, 0.2) is 54.6 Å². The number of hydroxylamine groups is 1. The van der Waals surface area contributed by atoms with Crippen molar-refractivity contribution < 1.29 is 24.7 Å². The summed E-state index contributed by atoms with van der Waals surface area (Å²) in [5, 5.41) is 35.0. The van der Waals surface area contributed by atoms with Crippen molar-refractivity contribution in [1.82, 2.24) is 16.1 Å². The highest BCUT2D eigenvalue weighted by Gasteiger charge is 2.34. The van der Waals surface area contributed by atoms with Gasteiger partial charge >= 0.3 is 0 Å². The van der Waals surface area contributed by atoms with Gasteiger partial charge in [0.15, 0.2) is 0 Å². The van der Waals surface area contributed by atoms with Gasteiger partial charge in [0, 0.05) is 19.2 Å². The molecule has 3 atom stereocenters. The maximum absolute atomic E-state index is 13.0. The highest BCUT2D eigenvalue weighted by atomic mass is 16.5. The monoisotopic (exact) mass is 429 g/mol. The minimum Gasteiger partial charge on any atom is -0.761 e. The predicted molar refractivity (Wildman–Crippen MR) is 113 cm³/mol. The maximum atomic E-state index is 13.0. The number of amides is 3. The lowest BCUT2D eigenvalue weighted by atomic mass is 9.91. The first-order chi connectivity index (χ1) is 14.9. The summed E-state index contributed by atoms with van der Waals surface area (Å²) >= 11 is 0. The number of carbonyl (C=O) groups is 3. The van der Waals surface area contributed by atoms with Crippen LogP contribution in [0.1, 0.15) is 11.1 Å². The summed E-state index contributed by atoms with van der Waals surface area (Å²) in [5.74, 6) is -3.65. The Bertz CT molecular complexity index is 875. The molecule has 2 aromatic carbocycles. The molecule has 0 fully saturated rings. The number of rotatable bonds is 10. The van der Waals surface area contributed by atoms with Gasteiger partial charge in [0.05, 0.1) is 5.92 Å². The zero-order chi connectivity index (χ0) is 22.8. The molecule has 10 nitrogen and oxygen atoms in total. The van der Waals surface area contributed by atoms with E-state index in [-0.39, 0.29) is 12.8 Å². The van der Waals surface area contributed by atoms with Crippen molar-refractivity contribution in [3.05, 3.63) is 70.9 Å². The molecule has 6 N–H and O–H groups in total. The standard InChI is InChI=1S/C21H25N4O6/c1-22-20(28)17(12-13-5-3-2-4-6-13)23-19(27)16(18(26)21(29)25-31)11-14-7-9-15(24-30)10-8-14/h2-10,16-18,24,26,31H,11-12H2,1H3,(H,22,28)(H,23,27)(H,25,29)/q-1. The van der Waals surface area contributed by atoms with Crippen LogP contribution in [0.4, 0.5) is 5.69 Å². The Labute approximate surface area is 179 Å². The van der Waals surface area contributed by atoms with E-state index in [1.807, 2.05) is 6.07 Å². The Morgan fingerprint density at radius 1 is 0.903 bits per heavy atom. The number of aliphatic hydroxyl groups is 1. The SMILES string of the molecule is CNC(=O)C(Cc1ccccc1)NC(=O)C(Cc1ccc(N[O-])cc1)C(O)C(=O)NO. The summed E-state index contributed by atoms with van der Waals surface area (Å²) in [6.07, 6.45) is -1.75. The lowest BCUT2D eigenvalue weighted by Gasteiger charge is -2.24. The van der Waals surface area contributed by atoms with Gasteiger partial charge in [0.25, 0.3) is 5.91 Å². The van der Waals surface area contributed by atoms with E-state index < -0.39 is 35.8 Å². The second-order valence-electron chi connectivity index (χ2n) is 6.90. The van der Waals surface area contributed by atoms with Crippen molar-refractivity contribution in [2.75, 3.05) is 12.5 Å². The van der Waals surface area contributed by atoms with Crippen molar-refractivity contribution in [3.63, 3.8) is 0 Å². The smallest absolute Gasteiger partial charge is 0.272 e. The van der Waals surface area contributed by atoms with Crippen LogP contribution in [0.5, 0.6) is 0 Å². The minimum absolute atomic E-state index is 0.0780. The second-order valence-corrected chi connectivity index (χ2v) is 6.90. The molecule has 0 heterocycles. The molecule has 0 radical (unpaired) electrons. The fraction of sp³-hybridized carbons (Fsp3) is 0.286. The van der Waals surface area contributed by atoms with Gasteiger partial charge in [-0.15, -0.1) is 0 Å². The Morgan fingerprint density at radius 2 is 1.52 bits per heavy atom. The number of nitrogens with one attached hydrogen (secondary N) is 4. The average molecular weight is 429 g/mol. The predicted octanol–water partition coefficient (Wildman–Crippen LogP) is 0.0948. The molecule has 2 aromatic rings. The molecule has 0 bridgehead atoms. The van der Waals surface area contributed by atoms with E-state index in [4.69, 9.17) is 5.21 Å². The number of hydrogen-bond acceptors (Lipinski definition) is 7. The Balaban J connectivity index is 2.23.